The second kappa shape index (κ2) is 5.85. The van der Waals surface area contributed by atoms with Crippen molar-refractivity contribution in [2.24, 2.45) is 11.3 Å². The largest absolute Gasteiger partial charge is 0.492 e. The summed E-state index contributed by atoms with van der Waals surface area (Å²) < 4.78 is 5.69. The number of hydrogen-bond donors (Lipinski definition) is 1. The monoisotopic (exact) mass is 261 g/mol. The Labute approximate surface area is 117 Å². The SMILES string of the molecule is CCOc1ccccc1NC1CCC(C)(C)CC1C. The van der Waals surface area contributed by atoms with E-state index in [0.717, 1.165) is 11.4 Å². The van der Waals surface area contributed by atoms with Gasteiger partial charge in [0.15, 0.2) is 0 Å². The molecule has 1 aliphatic carbocycles. The van der Waals surface area contributed by atoms with Crippen LogP contribution in [-0.2, 0) is 0 Å². The van der Waals surface area contributed by atoms with Gasteiger partial charge in [-0.15, -0.1) is 0 Å². The lowest BCUT2D eigenvalue weighted by Crippen LogP contribution is -2.36. The van der Waals surface area contributed by atoms with Crippen LogP contribution in [-0.4, -0.2) is 12.6 Å². The fraction of sp³-hybridized carbons (Fsp3) is 0.647. The normalized spacial score (nSPS) is 25.9. The molecule has 0 heterocycles. The minimum atomic E-state index is 0.497. The molecule has 0 bridgehead atoms. The first-order valence-electron chi connectivity index (χ1n) is 7.50. The molecule has 106 valence electrons. The molecule has 1 aliphatic rings. The molecule has 2 heteroatoms. The van der Waals surface area contributed by atoms with Gasteiger partial charge in [0, 0.05) is 6.04 Å². The van der Waals surface area contributed by atoms with Crippen LogP contribution in [0.2, 0.25) is 0 Å². The van der Waals surface area contributed by atoms with Crippen LogP contribution in [0.15, 0.2) is 24.3 Å². The molecule has 2 rings (SSSR count). The van der Waals surface area contributed by atoms with Crippen LogP contribution in [0.4, 0.5) is 5.69 Å². The second-order valence-corrected chi connectivity index (χ2v) is 6.56. The van der Waals surface area contributed by atoms with Gasteiger partial charge >= 0.3 is 0 Å². The molecular weight excluding hydrogens is 234 g/mol. The van der Waals surface area contributed by atoms with E-state index in [0.29, 0.717) is 24.0 Å². The number of para-hydroxylation sites is 2. The topological polar surface area (TPSA) is 21.3 Å². The van der Waals surface area contributed by atoms with Crippen molar-refractivity contribution in [2.45, 2.75) is 53.0 Å². The Balaban J connectivity index is 2.05. The average Bonchev–Trinajstić information content (AvgIpc) is 2.35. The Bertz CT molecular complexity index is 413. The van der Waals surface area contributed by atoms with Crippen molar-refractivity contribution in [2.75, 3.05) is 11.9 Å². The minimum Gasteiger partial charge on any atom is -0.492 e. The lowest BCUT2D eigenvalue weighted by Gasteiger charge is -2.40. The van der Waals surface area contributed by atoms with E-state index in [1.165, 1.54) is 19.3 Å². The van der Waals surface area contributed by atoms with E-state index >= 15 is 0 Å². The second-order valence-electron chi connectivity index (χ2n) is 6.56. The molecule has 2 nitrogen and oxygen atoms in total. The van der Waals surface area contributed by atoms with Crippen molar-refractivity contribution in [3.8, 4) is 5.75 Å². The summed E-state index contributed by atoms with van der Waals surface area (Å²) in [7, 11) is 0. The third-order valence-electron chi connectivity index (χ3n) is 4.22. The molecular formula is C17H27NO. The van der Waals surface area contributed by atoms with Crippen LogP contribution < -0.4 is 10.1 Å². The third kappa shape index (κ3) is 3.65. The molecule has 0 aromatic heterocycles. The summed E-state index contributed by atoms with van der Waals surface area (Å²) >= 11 is 0. The summed E-state index contributed by atoms with van der Waals surface area (Å²) in [5, 5.41) is 3.70. The fourth-order valence-corrected chi connectivity index (χ4v) is 3.23. The Morgan fingerprint density at radius 3 is 2.74 bits per heavy atom. The summed E-state index contributed by atoms with van der Waals surface area (Å²) in [6.45, 7) is 9.87. The van der Waals surface area contributed by atoms with Crippen molar-refractivity contribution in [3.05, 3.63) is 24.3 Å². The van der Waals surface area contributed by atoms with Gasteiger partial charge in [-0.3, -0.25) is 0 Å². The van der Waals surface area contributed by atoms with Crippen LogP contribution in [0.1, 0.15) is 47.0 Å². The van der Waals surface area contributed by atoms with Gasteiger partial charge in [0.25, 0.3) is 0 Å². The maximum atomic E-state index is 5.69. The maximum absolute atomic E-state index is 5.69. The Morgan fingerprint density at radius 1 is 1.32 bits per heavy atom. The van der Waals surface area contributed by atoms with Gasteiger partial charge in [0.05, 0.1) is 12.3 Å². The van der Waals surface area contributed by atoms with Gasteiger partial charge in [-0.2, -0.15) is 0 Å². The number of rotatable bonds is 4. The smallest absolute Gasteiger partial charge is 0.142 e. The third-order valence-corrected chi connectivity index (χ3v) is 4.22. The van der Waals surface area contributed by atoms with Crippen LogP contribution in [0.5, 0.6) is 5.75 Å². The lowest BCUT2D eigenvalue weighted by atomic mass is 9.70. The molecule has 19 heavy (non-hydrogen) atoms. The van der Waals surface area contributed by atoms with Gasteiger partial charge in [-0.05, 0) is 49.7 Å². The van der Waals surface area contributed by atoms with Crippen LogP contribution >= 0.6 is 0 Å². The number of anilines is 1. The highest BCUT2D eigenvalue weighted by Crippen LogP contribution is 2.40. The predicted molar refractivity (Wildman–Crippen MR) is 81.8 cm³/mol. The first-order valence-corrected chi connectivity index (χ1v) is 7.50. The summed E-state index contributed by atoms with van der Waals surface area (Å²) in [4.78, 5) is 0. The molecule has 0 saturated heterocycles. The molecule has 0 aliphatic heterocycles. The van der Waals surface area contributed by atoms with E-state index in [4.69, 9.17) is 4.74 Å². The van der Waals surface area contributed by atoms with Crippen molar-refractivity contribution in [1.82, 2.24) is 0 Å². The molecule has 1 saturated carbocycles. The van der Waals surface area contributed by atoms with Gasteiger partial charge < -0.3 is 10.1 Å². The molecule has 0 spiro atoms. The highest BCUT2D eigenvalue weighted by atomic mass is 16.5. The Morgan fingerprint density at radius 2 is 2.05 bits per heavy atom. The van der Waals surface area contributed by atoms with Crippen LogP contribution in [0.3, 0.4) is 0 Å². The molecule has 1 aromatic rings. The number of nitrogens with one attached hydrogen (secondary N) is 1. The zero-order valence-electron chi connectivity index (χ0n) is 12.7. The van der Waals surface area contributed by atoms with E-state index in [-0.39, 0.29) is 0 Å². The highest BCUT2D eigenvalue weighted by Gasteiger charge is 2.32. The predicted octanol–water partition coefficient (Wildman–Crippen LogP) is 4.71. The van der Waals surface area contributed by atoms with Gasteiger partial charge in [0.2, 0.25) is 0 Å². The first-order chi connectivity index (χ1) is 9.02. The highest BCUT2D eigenvalue weighted by molar-refractivity contribution is 5.56. The fourth-order valence-electron chi connectivity index (χ4n) is 3.23. The molecule has 0 radical (unpaired) electrons. The van der Waals surface area contributed by atoms with Crippen LogP contribution in [0, 0.1) is 11.3 Å². The standard InChI is InChI=1S/C17H27NO/c1-5-19-16-9-7-6-8-15(16)18-14-10-11-17(3,4)12-13(14)2/h6-9,13-14,18H,5,10-12H2,1-4H3. The molecule has 2 unspecified atom stereocenters. The van der Waals surface area contributed by atoms with Crippen molar-refractivity contribution < 1.29 is 4.74 Å². The molecule has 2 atom stereocenters. The molecule has 0 amide bonds. The zero-order chi connectivity index (χ0) is 13.9. The molecule has 1 N–H and O–H groups in total. The van der Waals surface area contributed by atoms with E-state index in [2.05, 4.69) is 38.2 Å². The van der Waals surface area contributed by atoms with Crippen molar-refractivity contribution in [1.29, 1.82) is 0 Å². The Hall–Kier alpha value is -1.18. The van der Waals surface area contributed by atoms with Gasteiger partial charge in [-0.1, -0.05) is 32.9 Å². The summed E-state index contributed by atoms with van der Waals surface area (Å²) in [6.07, 6.45) is 3.84. The zero-order valence-corrected chi connectivity index (χ0v) is 12.7. The van der Waals surface area contributed by atoms with Gasteiger partial charge in [0.1, 0.15) is 5.75 Å². The molecule has 1 fully saturated rings. The maximum Gasteiger partial charge on any atom is 0.142 e. The number of hydrogen-bond acceptors (Lipinski definition) is 2. The van der Waals surface area contributed by atoms with E-state index in [1.807, 2.05) is 19.1 Å². The van der Waals surface area contributed by atoms with Crippen LogP contribution in [0.25, 0.3) is 0 Å². The summed E-state index contributed by atoms with van der Waals surface area (Å²) in [6, 6.07) is 8.83. The summed E-state index contributed by atoms with van der Waals surface area (Å²) in [5.41, 5.74) is 1.64. The first kappa shape index (κ1) is 14.2. The van der Waals surface area contributed by atoms with E-state index in [9.17, 15) is 0 Å². The number of benzene rings is 1. The quantitative estimate of drug-likeness (QED) is 0.847. The van der Waals surface area contributed by atoms with Crippen molar-refractivity contribution in [3.63, 3.8) is 0 Å². The lowest BCUT2D eigenvalue weighted by molar-refractivity contribution is 0.177. The average molecular weight is 261 g/mol. The summed E-state index contributed by atoms with van der Waals surface area (Å²) in [5.74, 6) is 1.68. The van der Waals surface area contributed by atoms with Crippen molar-refractivity contribution >= 4 is 5.69 Å². The van der Waals surface area contributed by atoms with E-state index in [1.54, 1.807) is 0 Å². The molecule has 1 aromatic carbocycles. The van der Waals surface area contributed by atoms with E-state index < -0.39 is 0 Å². The van der Waals surface area contributed by atoms with Gasteiger partial charge in [-0.25, -0.2) is 0 Å². The Kier molecular flexibility index (Phi) is 4.38. The number of ether oxygens (including phenoxy) is 1. The minimum absolute atomic E-state index is 0.497.